The molecule has 0 heteroatoms. The Hall–Kier alpha value is -2.08. The fourth-order valence-corrected chi connectivity index (χ4v) is 4.37. The van der Waals surface area contributed by atoms with Crippen molar-refractivity contribution in [3.63, 3.8) is 0 Å². The molecule has 27 heavy (non-hydrogen) atoms. The van der Waals surface area contributed by atoms with Gasteiger partial charge in [0.2, 0.25) is 0 Å². The molecule has 0 radical (unpaired) electrons. The van der Waals surface area contributed by atoms with Crippen molar-refractivity contribution >= 4 is 0 Å². The molecule has 0 aliphatic heterocycles. The van der Waals surface area contributed by atoms with Crippen LogP contribution in [0.4, 0.5) is 0 Å². The number of aryl methyl sites for hydroxylation is 1. The maximum Gasteiger partial charge on any atom is -0.0162 e. The van der Waals surface area contributed by atoms with Gasteiger partial charge in [0, 0.05) is 0 Å². The molecule has 1 saturated carbocycles. The fourth-order valence-electron chi connectivity index (χ4n) is 4.37. The van der Waals surface area contributed by atoms with Crippen molar-refractivity contribution in [3.8, 4) is 11.1 Å². The van der Waals surface area contributed by atoms with Crippen molar-refractivity contribution in [2.45, 2.75) is 64.2 Å². The monoisotopic (exact) mass is 358 g/mol. The van der Waals surface area contributed by atoms with Crippen LogP contribution < -0.4 is 0 Å². The van der Waals surface area contributed by atoms with Crippen molar-refractivity contribution in [2.75, 3.05) is 0 Å². The molecule has 1 fully saturated rings. The lowest BCUT2D eigenvalue weighted by Crippen LogP contribution is -2.13. The Labute approximate surface area is 166 Å². The summed E-state index contributed by atoms with van der Waals surface area (Å²) < 4.78 is 0. The van der Waals surface area contributed by atoms with Crippen LogP contribution in [0.2, 0.25) is 0 Å². The maximum absolute atomic E-state index is 3.86. The van der Waals surface area contributed by atoms with Gasteiger partial charge < -0.3 is 0 Å². The summed E-state index contributed by atoms with van der Waals surface area (Å²) in [5.74, 6) is 1.68. The molecule has 0 aromatic heterocycles. The number of allylic oxidation sites excluding steroid dienone is 3. The first-order valence-corrected chi connectivity index (χ1v) is 10.7. The predicted molar refractivity (Wildman–Crippen MR) is 119 cm³/mol. The molecular formula is C27H34. The highest BCUT2D eigenvalue weighted by Gasteiger charge is 2.21. The fraction of sp³-hybridized carbons (Fsp3) is 0.407. The Morgan fingerprint density at radius 2 is 1.48 bits per heavy atom. The van der Waals surface area contributed by atoms with Gasteiger partial charge in [-0.25, -0.2) is 0 Å². The highest BCUT2D eigenvalue weighted by molar-refractivity contribution is 5.64. The van der Waals surface area contributed by atoms with Crippen molar-refractivity contribution in [2.24, 2.45) is 5.92 Å². The Morgan fingerprint density at radius 1 is 0.852 bits per heavy atom. The van der Waals surface area contributed by atoms with E-state index in [0.29, 0.717) is 0 Å². The van der Waals surface area contributed by atoms with Gasteiger partial charge in [0.25, 0.3) is 0 Å². The summed E-state index contributed by atoms with van der Waals surface area (Å²) in [5.41, 5.74) is 5.61. The third kappa shape index (κ3) is 5.70. The normalized spacial score (nSPS) is 20.0. The molecule has 0 amide bonds. The van der Waals surface area contributed by atoms with Crippen LogP contribution in [0, 0.1) is 5.92 Å². The molecule has 0 saturated heterocycles. The first-order chi connectivity index (χ1) is 13.3. The highest BCUT2D eigenvalue weighted by atomic mass is 14.3. The number of benzene rings is 2. The standard InChI is InChI=1S/C27H34/c1-3-5-7-9-23-12-16-25(17-13-23)27-20-18-26(19-21-27)24-14-10-22(11-15-24)8-6-4-2/h3-5,12-13,16-22,24H,2,6-11,14-15H2,1H3/b5-3+. The quantitative estimate of drug-likeness (QED) is 0.418. The molecule has 3 rings (SSSR count). The highest BCUT2D eigenvalue weighted by Crippen LogP contribution is 2.38. The number of hydrogen-bond donors (Lipinski definition) is 0. The van der Waals surface area contributed by atoms with Crippen molar-refractivity contribution in [1.82, 2.24) is 0 Å². The van der Waals surface area contributed by atoms with Crippen LogP contribution in [0.5, 0.6) is 0 Å². The Kier molecular flexibility index (Phi) is 7.51. The van der Waals surface area contributed by atoms with Crippen molar-refractivity contribution in [1.29, 1.82) is 0 Å². The van der Waals surface area contributed by atoms with Crippen LogP contribution in [-0.4, -0.2) is 0 Å². The van der Waals surface area contributed by atoms with E-state index in [1.165, 1.54) is 60.8 Å². The Bertz CT molecular complexity index is 710. The minimum atomic E-state index is 0.757. The van der Waals surface area contributed by atoms with E-state index in [1.54, 1.807) is 0 Å². The van der Waals surface area contributed by atoms with Gasteiger partial charge in [0.15, 0.2) is 0 Å². The van der Waals surface area contributed by atoms with Gasteiger partial charge in [-0.3, -0.25) is 0 Å². The zero-order valence-electron chi connectivity index (χ0n) is 16.9. The van der Waals surface area contributed by atoms with Crippen molar-refractivity contribution < 1.29 is 0 Å². The molecule has 0 spiro atoms. The van der Waals surface area contributed by atoms with Gasteiger partial charge in [-0.2, -0.15) is 0 Å². The van der Waals surface area contributed by atoms with E-state index in [-0.39, 0.29) is 0 Å². The lowest BCUT2D eigenvalue weighted by molar-refractivity contribution is 0.312. The molecule has 1 aliphatic carbocycles. The second-order valence-corrected chi connectivity index (χ2v) is 8.01. The first kappa shape index (κ1) is 19.7. The lowest BCUT2D eigenvalue weighted by atomic mass is 9.77. The molecule has 0 bridgehead atoms. The van der Waals surface area contributed by atoms with Crippen LogP contribution in [0.25, 0.3) is 11.1 Å². The van der Waals surface area contributed by atoms with Gasteiger partial charge in [0.1, 0.15) is 0 Å². The van der Waals surface area contributed by atoms with Crippen LogP contribution in [0.3, 0.4) is 0 Å². The minimum Gasteiger partial charge on any atom is -0.103 e. The summed E-state index contributed by atoms with van der Waals surface area (Å²) in [7, 11) is 0. The van der Waals surface area contributed by atoms with Gasteiger partial charge >= 0.3 is 0 Å². The molecule has 1 aliphatic rings. The average Bonchev–Trinajstić information content (AvgIpc) is 2.73. The molecule has 0 heterocycles. The van der Waals surface area contributed by atoms with E-state index >= 15 is 0 Å². The van der Waals surface area contributed by atoms with Crippen LogP contribution in [0.15, 0.2) is 73.3 Å². The third-order valence-corrected chi connectivity index (χ3v) is 6.13. The molecule has 2 aromatic carbocycles. The Balaban J connectivity index is 1.56. The van der Waals surface area contributed by atoms with E-state index in [2.05, 4.69) is 80.3 Å². The van der Waals surface area contributed by atoms with Gasteiger partial charge in [-0.15, -0.1) is 6.58 Å². The number of rotatable bonds is 8. The summed E-state index contributed by atoms with van der Waals surface area (Å²) in [6.07, 6.45) is 16.7. The molecule has 0 unspecified atom stereocenters. The van der Waals surface area contributed by atoms with Crippen molar-refractivity contribution in [3.05, 3.63) is 84.5 Å². The minimum absolute atomic E-state index is 0.757. The van der Waals surface area contributed by atoms with Gasteiger partial charge in [-0.1, -0.05) is 66.8 Å². The zero-order chi connectivity index (χ0) is 18.9. The Morgan fingerprint density at radius 3 is 2.07 bits per heavy atom. The summed E-state index contributed by atoms with van der Waals surface area (Å²) in [5, 5.41) is 0. The topological polar surface area (TPSA) is 0 Å². The first-order valence-electron chi connectivity index (χ1n) is 10.7. The van der Waals surface area contributed by atoms with Crippen LogP contribution in [-0.2, 0) is 6.42 Å². The van der Waals surface area contributed by atoms with E-state index in [9.17, 15) is 0 Å². The summed E-state index contributed by atoms with van der Waals surface area (Å²) >= 11 is 0. The lowest BCUT2D eigenvalue weighted by Gasteiger charge is -2.28. The largest absolute Gasteiger partial charge is 0.103 e. The summed E-state index contributed by atoms with van der Waals surface area (Å²) in [6, 6.07) is 18.4. The number of hydrogen-bond acceptors (Lipinski definition) is 0. The second kappa shape index (κ2) is 10.3. The average molecular weight is 359 g/mol. The van der Waals surface area contributed by atoms with E-state index in [4.69, 9.17) is 0 Å². The smallest absolute Gasteiger partial charge is 0.0162 e. The van der Waals surface area contributed by atoms with E-state index in [1.807, 2.05) is 0 Å². The molecule has 0 atom stereocenters. The molecular weight excluding hydrogens is 324 g/mol. The molecule has 0 N–H and O–H groups in total. The van der Waals surface area contributed by atoms with E-state index in [0.717, 1.165) is 24.7 Å². The predicted octanol–water partition coefficient (Wildman–Crippen LogP) is 8.10. The maximum atomic E-state index is 3.86. The second-order valence-electron chi connectivity index (χ2n) is 8.01. The third-order valence-electron chi connectivity index (χ3n) is 6.13. The molecule has 0 nitrogen and oxygen atoms in total. The van der Waals surface area contributed by atoms with Crippen LogP contribution >= 0.6 is 0 Å². The zero-order valence-corrected chi connectivity index (χ0v) is 16.9. The van der Waals surface area contributed by atoms with Gasteiger partial charge in [0.05, 0.1) is 0 Å². The summed E-state index contributed by atoms with van der Waals surface area (Å²) in [6.45, 7) is 5.94. The van der Waals surface area contributed by atoms with Gasteiger partial charge in [-0.05, 0) is 92.4 Å². The van der Waals surface area contributed by atoms with Crippen LogP contribution in [0.1, 0.15) is 68.9 Å². The SMILES string of the molecule is C=CCCC1CCC(c2ccc(-c3ccc(CC/C=C/C)cc3)cc2)CC1. The molecule has 142 valence electrons. The van der Waals surface area contributed by atoms with E-state index < -0.39 is 0 Å². The molecule has 2 aromatic rings. The summed E-state index contributed by atoms with van der Waals surface area (Å²) in [4.78, 5) is 0.